The van der Waals surface area contributed by atoms with Crippen molar-refractivity contribution in [3.63, 3.8) is 0 Å². The lowest BCUT2D eigenvalue weighted by Gasteiger charge is -2.35. The summed E-state index contributed by atoms with van der Waals surface area (Å²) in [5.41, 5.74) is 1.26. The summed E-state index contributed by atoms with van der Waals surface area (Å²) in [5, 5.41) is 10.9. The minimum Gasteiger partial charge on any atom is -0.296 e. The molecular formula is C18H33N3S2. The molecule has 0 spiro atoms. The zero-order valence-electron chi connectivity index (χ0n) is 15.8. The maximum Gasteiger partial charge on any atom is 0.0930 e. The molecule has 0 bridgehead atoms. The monoisotopic (exact) mass is 355 g/mol. The predicted molar refractivity (Wildman–Crippen MR) is 108 cm³/mol. The SMILES string of the molecule is CC(C)C1=CSC(=N)C(C)N1S/N=C\C(C(C)C)C(C)C(C)C. The van der Waals surface area contributed by atoms with Crippen molar-refractivity contribution in [2.24, 2.45) is 34.0 Å². The Kier molecular flexibility index (Phi) is 8.22. The van der Waals surface area contributed by atoms with E-state index in [1.54, 1.807) is 0 Å². The third-order valence-electron chi connectivity index (χ3n) is 4.68. The summed E-state index contributed by atoms with van der Waals surface area (Å²) in [6.07, 6.45) is 2.13. The summed E-state index contributed by atoms with van der Waals surface area (Å²) in [4.78, 5) is 0. The summed E-state index contributed by atoms with van der Waals surface area (Å²) >= 11 is 3.04. The van der Waals surface area contributed by atoms with Crippen LogP contribution >= 0.6 is 23.9 Å². The molecule has 1 N–H and O–H groups in total. The number of thioether (sulfide) groups is 1. The van der Waals surface area contributed by atoms with Crippen LogP contribution in [-0.2, 0) is 0 Å². The highest BCUT2D eigenvalue weighted by Crippen LogP contribution is 2.36. The molecular weight excluding hydrogens is 322 g/mol. The van der Waals surface area contributed by atoms with Gasteiger partial charge in [-0.05, 0) is 36.0 Å². The molecule has 3 nitrogen and oxygen atoms in total. The van der Waals surface area contributed by atoms with Crippen LogP contribution in [0.5, 0.6) is 0 Å². The fourth-order valence-electron chi connectivity index (χ4n) is 2.62. The van der Waals surface area contributed by atoms with Crippen molar-refractivity contribution in [3.05, 3.63) is 11.1 Å². The molecule has 1 aliphatic rings. The van der Waals surface area contributed by atoms with Crippen molar-refractivity contribution in [1.82, 2.24) is 4.31 Å². The summed E-state index contributed by atoms with van der Waals surface area (Å²) in [5.74, 6) is 2.79. The Bertz CT molecular complexity index is 455. The summed E-state index contributed by atoms with van der Waals surface area (Å²) in [6, 6.07) is 0.0876. The van der Waals surface area contributed by atoms with E-state index >= 15 is 0 Å². The molecule has 23 heavy (non-hydrogen) atoms. The first kappa shape index (κ1) is 20.6. The molecule has 0 saturated carbocycles. The zero-order valence-corrected chi connectivity index (χ0v) is 17.5. The van der Waals surface area contributed by atoms with E-state index < -0.39 is 0 Å². The molecule has 0 aromatic rings. The Morgan fingerprint density at radius 3 is 2.26 bits per heavy atom. The third-order valence-corrected chi connectivity index (χ3v) is 6.55. The van der Waals surface area contributed by atoms with Crippen LogP contribution in [0.4, 0.5) is 0 Å². The van der Waals surface area contributed by atoms with E-state index in [-0.39, 0.29) is 6.04 Å². The summed E-state index contributed by atoms with van der Waals surface area (Å²) < 4.78 is 6.90. The number of allylic oxidation sites excluding steroid dienone is 1. The average molecular weight is 356 g/mol. The number of nitrogens with zero attached hydrogens (tertiary/aromatic N) is 2. The van der Waals surface area contributed by atoms with Crippen molar-refractivity contribution in [2.75, 3.05) is 0 Å². The van der Waals surface area contributed by atoms with Gasteiger partial charge in [-0.1, -0.05) is 60.2 Å². The minimum absolute atomic E-state index is 0.0876. The van der Waals surface area contributed by atoms with E-state index in [1.807, 2.05) is 0 Å². The van der Waals surface area contributed by atoms with Crippen LogP contribution in [-0.4, -0.2) is 21.6 Å². The van der Waals surface area contributed by atoms with Crippen LogP contribution in [0.25, 0.3) is 0 Å². The normalized spacial score (nSPS) is 22.4. The molecule has 0 radical (unpaired) electrons. The zero-order chi connectivity index (χ0) is 17.7. The second-order valence-corrected chi connectivity index (χ2v) is 9.12. The fraction of sp³-hybridized carbons (Fsp3) is 0.778. The number of hydrogen-bond acceptors (Lipinski definition) is 5. The molecule has 0 saturated heterocycles. The molecule has 0 aliphatic carbocycles. The molecule has 0 amide bonds. The molecule has 5 heteroatoms. The maximum absolute atomic E-state index is 8.08. The van der Waals surface area contributed by atoms with Crippen molar-refractivity contribution >= 4 is 35.2 Å². The van der Waals surface area contributed by atoms with Crippen LogP contribution in [0.3, 0.4) is 0 Å². The Labute approximate surface area is 151 Å². The molecule has 0 aromatic carbocycles. The lowest BCUT2D eigenvalue weighted by atomic mass is 9.79. The first-order chi connectivity index (χ1) is 10.7. The van der Waals surface area contributed by atoms with Crippen molar-refractivity contribution < 1.29 is 0 Å². The van der Waals surface area contributed by atoms with Gasteiger partial charge in [-0.2, -0.15) is 0 Å². The molecule has 1 heterocycles. The number of rotatable bonds is 7. The molecule has 1 aliphatic heterocycles. The maximum atomic E-state index is 8.08. The summed E-state index contributed by atoms with van der Waals surface area (Å²) in [7, 11) is 0. The predicted octanol–water partition coefficient (Wildman–Crippen LogP) is 6.10. The Hall–Kier alpha value is -0.420. The topological polar surface area (TPSA) is 39.5 Å². The third kappa shape index (κ3) is 5.56. The van der Waals surface area contributed by atoms with Crippen LogP contribution in [0.2, 0.25) is 0 Å². The van der Waals surface area contributed by atoms with Crippen LogP contribution in [0.1, 0.15) is 55.4 Å². The minimum atomic E-state index is 0.0876. The van der Waals surface area contributed by atoms with Gasteiger partial charge in [0.25, 0.3) is 0 Å². The van der Waals surface area contributed by atoms with Gasteiger partial charge in [0, 0.05) is 17.8 Å². The molecule has 0 aromatic heterocycles. The van der Waals surface area contributed by atoms with Gasteiger partial charge in [-0.25, -0.2) is 4.40 Å². The molecule has 3 unspecified atom stereocenters. The largest absolute Gasteiger partial charge is 0.296 e. The van der Waals surface area contributed by atoms with Crippen molar-refractivity contribution in [3.8, 4) is 0 Å². The van der Waals surface area contributed by atoms with Gasteiger partial charge < -0.3 is 0 Å². The van der Waals surface area contributed by atoms with E-state index in [0.29, 0.717) is 34.6 Å². The van der Waals surface area contributed by atoms with Crippen LogP contribution in [0, 0.1) is 35.0 Å². The second-order valence-electron chi connectivity index (χ2n) is 7.44. The smallest absolute Gasteiger partial charge is 0.0930 e. The van der Waals surface area contributed by atoms with Crippen LogP contribution in [0.15, 0.2) is 15.5 Å². The van der Waals surface area contributed by atoms with Gasteiger partial charge in [0.1, 0.15) is 0 Å². The Morgan fingerprint density at radius 1 is 1.17 bits per heavy atom. The second kappa shape index (κ2) is 9.16. The van der Waals surface area contributed by atoms with Gasteiger partial charge in [-0.15, -0.1) is 0 Å². The number of hydrogen-bond donors (Lipinski definition) is 1. The highest BCUT2D eigenvalue weighted by atomic mass is 32.2. The quantitative estimate of drug-likeness (QED) is 0.443. The first-order valence-corrected chi connectivity index (χ1v) is 10.2. The van der Waals surface area contributed by atoms with Crippen molar-refractivity contribution in [2.45, 2.75) is 61.4 Å². The van der Waals surface area contributed by atoms with Gasteiger partial charge in [0.2, 0.25) is 0 Å². The lowest BCUT2D eigenvalue weighted by molar-refractivity contribution is 0.287. The average Bonchev–Trinajstić information content (AvgIpc) is 2.46. The van der Waals surface area contributed by atoms with E-state index in [1.165, 1.54) is 29.6 Å². The van der Waals surface area contributed by atoms with E-state index in [0.717, 1.165) is 0 Å². The number of nitrogens with one attached hydrogen (secondary N) is 1. The Morgan fingerprint density at radius 2 is 1.78 bits per heavy atom. The highest BCUT2D eigenvalue weighted by molar-refractivity contribution is 8.16. The van der Waals surface area contributed by atoms with Gasteiger partial charge in [-0.3, -0.25) is 9.71 Å². The van der Waals surface area contributed by atoms with Gasteiger partial charge in [0.05, 0.1) is 23.2 Å². The molecule has 1 rings (SSSR count). The summed E-state index contributed by atoms with van der Waals surface area (Å²) in [6.45, 7) is 17.9. The first-order valence-electron chi connectivity index (χ1n) is 8.61. The van der Waals surface area contributed by atoms with Gasteiger partial charge >= 0.3 is 0 Å². The molecule has 3 atom stereocenters. The lowest BCUT2D eigenvalue weighted by Crippen LogP contribution is -2.35. The van der Waals surface area contributed by atoms with E-state index in [2.05, 4.69) is 71.3 Å². The molecule has 0 fully saturated rings. The highest BCUT2D eigenvalue weighted by Gasteiger charge is 2.28. The Balaban J connectivity index is 2.85. The van der Waals surface area contributed by atoms with E-state index in [9.17, 15) is 0 Å². The standard InChI is InChI=1S/C18H33N3S2/c1-11(2)14(7)16(12(3)4)9-20-23-21-15(8)18(19)22-10-17(21)13(5)6/h9-16,19H,1-8H3/b19-18?,20-9-. The molecule has 132 valence electrons. The fourth-order valence-corrected chi connectivity index (χ4v) is 4.59. The van der Waals surface area contributed by atoms with Crippen LogP contribution < -0.4 is 0 Å². The van der Waals surface area contributed by atoms with Crippen molar-refractivity contribution in [1.29, 1.82) is 5.41 Å². The van der Waals surface area contributed by atoms with E-state index in [4.69, 9.17) is 9.81 Å². The van der Waals surface area contributed by atoms with Gasteiger partial charge in [0.15, 0.2) is 0 Å².